The summed E-state index contributed by atoms with van der Waals surface area (Å²) in [6.45, 7) is 11.3. The average molecular weight is 680 g/mol. The Balaban J connectivity index is 1.14. The summed E-state index contributed by atoms with van der Waals surface area (Å²) in [7, 11) is 0. The SMILES string of the molecule is Cc1oncc1C(=O)N[C@H]1CC[C@@H](n2c(=O)c3cc(F)cnc3n(-c3cccc(-c4ccc(CN5CCN(C(C)C)CC5)cc4)c3)c2=O)CC1. The third-order valence-corrected chi connectivity index (χ3v) is 10.2. The van der Waals surface area contributed by atoms with E-state index < -0.39 is 23.1 Å². The van der Waals surface area contributed by atoms with Crippen LogP contribution in [0.3, 0.4) is 0 Å². The minimum atomic E-state index is -0.655. The molecular weight excluding hydrogens is 637 g/mol. The highest BCUT2D eigenvalue weighted by Crippen LogP contribution is 2.29. The predicted octanol–water partition coefficient (Wildman–Crippen LogP) is 5.09. The van der Waals surface area contributed by atoms with Crippen LogP contribution in [0.5, 0.6) is 0 Å². The van der Waals surface area contributed by atoms with Gasteiger partial charge in [-0.3, -0.25) is 24.0 Å². The van der Waals surface area contributed by atoms with E-state index in [1.54, 1.807) is 13.0 Å². The van der Waals surface area contributed by atoms with Crippen LogP contribution in [0.1, 0.15) is 67.3 Å². The fraction of sp³-hybridized carbons (Fsp3) is 0.395. The number of aromatic nitrogens is 4. The zero-order valence-corrected chi connectivity index (χ0v) is 28.6. The number of nitrogens with zero attached hydrogens (tertiary/aromatic N) is 6. The number of hydrogen-bond donors (Lipinski definition) is 1. The highest BCUT2D eigenvalue weighted by atomic mass is 19.1. The number of rotatable bonds is 8. The third-order valence-electron chi connectivity index (χ3n) is 10.2. The molecule has 5 aromatic rings. The van der Waals surface area contributed by atoms with Gasteiger partial charge < -0.3 is 9.84 Å². The van der Waals surface area contributed by atoms with Gasteiger partial charge in [0.15, 0.2) is 5.65 Å². The summed E-state index contributed by atoms with van der Waals surface area (Å²) in [6.07, 6.45) is 4.50. The molecule has 0 spiro atoms. The first-order valence-electron chi connectivity index (χ1n) is 17.4. The van der Waals surface area contributed by atoms with E-state index in [2.05, 4.69) is 63.4 Å². The largest absolute Gasteiger partial charge is 0.361 e. The van der Waals surface area contributed by atoms with E-state index in [-0.39, 0.29) is 23.0 Å². The predicted molar refractivity (Wildman–Crippen MR) is 189 cm³/mol. The van der Waals surface area contributed by atoms with Crippen molar-refractivity contribution in [2.24, 2.45) is 0 Å². The van der Waals surface area contributed by atoms with Crippen LogP contribution in [-0.4, -0.2) is 73.2 Å². The number of amides is 1. The first-order valence-corrected chi connectivity index (χ1v) is 17.4. The molecule has 3 aromatic heterocycles. The van der Waals surface area contributed by atoms with E-state index in [1.807, 2.05) is 18.2 Å². The molecule has 1 saturated carbocycles. The summed E-state index contributed by atoms with van der Waals surface area (Å²) in [5.41, 5.74) is 3.05. The van der Waals surface area contributed by atoms with E-state index in [0.29, 0.717) is 48.7 Å². The summed E-state index contributed by atoms with van der Waals surface area (Å²) in [6, 6.07) is 17.2. The van der Waals surface area contributed by atoms with Crippen molar-refractivity contribution in [1.29, 1.82) is 0 Å². The Hall–Kier alpha value is -4.94. The molecule has 4 heterocycles. The van der Waals surface area contributed by atoms with Crippen LogP contribution in [0.15, 0.2) is 81.1 Å². The molecule has 2 fully saturated rings. The van der Waals surface area contributed by atoms with Gasteiger partial charge in [-0.1, -0.05) is 41.6 Å². The molecule has 0 bridgehead atoms. The van der Waals surface area contributed by atoms with Gasteiger partial charge >= 0.3 is 5.69 Å². The van der Waals surface area contributed by atoms with Crippen LogP contribution < -0.4 is 16.6 Å². The molecule has 260 valence electrons. The summed E-state index contributed by atoms with van der Waals surface area (Å²) >= 11 is 0. The van der Waals surface area contributed by atoms with Crippen molar-refractivity contribution in [3.63, 3.8) is 0 Å². The van der Waals surface area contributed by atoms with Gasteiger partial charge in [-0.25, -0.2) is 18.7 Å². The summed E-state index contributed by atoms with van der Waals surface area (Å²) in [5.74, 6) is -0.487. The first-order chi connectivity index (χ1) is 24.2. The average Bonchev–Trinajstić information content (AvgIpc) is 3.56. The molecule has 50 heavy (non-hydrogen) atoms. The number of carbonyl (C=O) groups excluding carboxylic acids is 1. The number of carbonyl (C=O) groups is 1. The summed E-state index contributed by atoms with van der Waals surface area (Å²) in [4.78, 5) is 50.0. The van der Waals surface area contributed by atoms with Gasteiger partial charge in [0.2, 0.25) is 0 Å². The smallest absolute Gasteiger partial charge is 0.337 e. The number of benzene rings is 2. The third kappa shape index (κ3) is 6.77. The molecule has 0 radical (unpaired) electrons. The Morgan fingerprint density at radius 1 is 0.960 bits per heavy atom. The number of pyridine rings is 1. The molecule has 0 atom stereocenters. The van der Waals surface area contributed by atoms with Crippen molar-refractivity contribution in [3.05, 3.63) is 111 Å². The molecule has 1 N–H and O–H groups in total. The standard InChI is InChI=1S/C38H42FN7O4/c1-24(2)44-17-15-43(16-18-44)23-26-7-9-27(10-8-26)28-5-4-6-32(19-28)45-35-33(20-29(39)21-40-35)37(48)46(38(45)49)31-13-11-30(12-14-31)42-36(47)34-22-41-50-25(34)3/h4-10,19-22,24,30-31H,11-18,23H2,1-3H3,(H,42,47)/t30-,31+. The molecule has 2 aliphatic rings. The van der Waals surface area contributed by atoms with Crippen LogP contribution in [0.25, 0.3) is 27.8 Å². The number of piperazine rings is 1. The van der Waals surface area contributed by atoms with Crippen molar-refractivity contribution in [2.75, 3.05) is 26.2 Å². The molecule has 11 nitrogen and oxygen atoms in total. The normalized spacial score (nSPS) is 18.9. The van der Waals surface area contributed by atoms with Crippen molar-refractivity contribution in [1.82, 2.24) is 34.4 Å². The minimum absolute atomic E-state index is 0.0342. The number of halogens is 1. The molecule has 1 saturated heterocycles. The molecule has 0 unspecified atom stereocenters. The van der Waals surface area contributed by atoms with Gasteiger partial charge in [0.25, 0.3) is 11.5 Å². The van der Waals surface area contributed by atoms with Gasteiger partial charge in [0.05, 0.1) is 23.5 Å². The number of aryl methyl sites for hydroxylation is 1. The Labute approximate surface area is 289 Å². The second-order valence-corrected chi connectivity index (χ2v) is 13.7. The number of nitrogens with one attached hydrogen (secondary N) is 1. The summed E-state index contributed by atoms with van der Waals surface area (Å²) in [5, 5.41) is 6.73. The number of hydrogen-bond acceptors (Lipinski definition) is 8. The lowest BCUT2D eigenvalue weighted by Gasteiger charge is -2.36. The van der Waals surface area contributed by atoms with Crippen molar-refractivity contribution < 1.29 is 13.7 Å². The topological polar surface area (TPSA) is 118 Å². The van der Waals surface area contributed by atoms with Crippen LogP contribution in [0, 0.1) is 12.7 Å². The molecule has 12 heteroatoms. The van der Waals surface area contributed by atoms with Crippen LogP contribution in [-0.2, 0) is 6.54 Å². The molecule has 1 aliphatic heterocycles. The second kappa shape index (κ2) is 14.1. The molecule has 1 amide bonds. The van der Waals surface area contributed by atoms with E-state index in [0.717, 1.165) is 56.1 Å². The Morgan fingerprint density at radius 3 is 2.38 bits per heavy atom. The van der Waals surface area contributed by atoms with Gasteiger partial charge in [-0.2, -0.15) is 0 Å². The van der Waals surface area contributed by atoms with Crippen LogP contribution in [0.2, 0.25) is 0 Å². The minimum Gasteiger partial charge on any atom is -0.361 e. The summed E-state index contributed by atoms with van der Waals surface area (Å²) < 4.78 is 22.2. The highest BCUT2D eigenvalue weighted by molar-refractivity contribution is 5.94. The van der Waals surface area contributed by atoms with Gasteiger partial charge in [-0.05, 0) is 81.3 Å². The Morgan fingerprint density at radius 2 is 1.70 bits per heavy atom. The zero-order valence-electron chi connectivity index (χ0n) is 28.6. The number of fused-ring (bicyclic) bond motifs is 1. The second-order valence-electron chi connectivity index (χ2n) is 13.7. The van der Waals surface area contributed by atoms with E-state index >= 15 is 0 Å². The maximum absolute atomic E-state index is 14.5. The van der Waals surface area contributed by atoms with Crippen molar-refractivity contribution in [2.45, 2.75) is 71.1 Å². The van der Waals surface area contributed by atoms with Gasteiger partial charge in [0.1, 0.15) is 17.1 Å². The molecular formula is C38H42FN7O4. The van der Waals surface area contributed by atoms with Gasteiger partial charge in [0, 0.05) is 50.8 Å². The lowest BCUT2D eigenvalue weighted by atomic mass is 9.90. The molecule has 1 aliphatic carbocycles. The fourth-order valence-corrected chi connectivity index (χ4v) is 7.32. The van der Waals surface area contributed by atoms with Crippen molar-refractivity contribution in [3.8, 4) is 16.8 Å². The van der Waals surface area contributed by atoms with E-state index in [4.69, 9.17) is 4.52 Å². The van der Waals surface area contributed by atoms with Crippen molar-refractivity contribution >= 4 is 16.9 Å². The van der Waals surface area contributed by atoms with E-state index in [9.17, 15) is 18.8 Å². The zero-order chi connectivity index (χ0) is 34.9. The lowest BCUT2D eigenvalue weighted by Crippen LogP contribution is -2.48. The molecule has 2 aromatic carbocycles. The Kier molecular flexibility index (Phi) is 9.48. The Bertz CT molecular complexity index is 2120. The fourth-order valence-electron chi connectivity index (χ4n) is 7.32. The monoisotopic (exact) mass is 679 g/mol. The first kappa shape index (κ1) is 33.6. The molecule has 7 rings (SSSR count). The maximum Gasteiger partial charge on any atom is 0.337 e. The quantitative estimate of drug-likeness (QED) is 0.241. The van der Waals surface area contributed by atoms with E-state index in [1.165, 1.54) is 20.9 Å². The van der Waals surface area contributed by atoms with Crippen LogP contribution in [0.4, 0.5) is 4.39 Å². The highest BCUT2D eigenvalue weighted by Gasteiger charge is 2.29. The van der Waals surface area contributed by atoms with Gasteiger partial charge in [-0.15, -0.1) is 0 Å². The maximum atomic E-state index is 14.5. The van der Waals surface area contributed by atoms with Crippen LogP contribution >= 0.6 is 0 Å². The lowest BCUT2D eigenvalue weighted by molar-refractivity contribution is 0.0920.